The van der Waals surface area contributed by atoms with Crippen LogP contribution in [-0.2, 0) is 4.79 Å². The number of allylic oxidation sites excluding steroid dienone is 2. The second-order valence-electron chi connectivity index (χ2n) is 1.30. The molecule has 0 aliphatic carbocycles. The van der Waals surface area contributed by atoms with Crippen LogP contribution in [0.15, 0.2) is 28.2 Å². The predicted molar refractivity (Wildman–Crippen MR) is 34.4 cm³/mol. The highest BCUT2D eigenvalue weighted by molar-refractivity contribution is 8.05. The topological polar surface area (TPSA) is 17.1 Å². The quantitative estimate of drug-likeness (QED) is 0.389. The van der Waals surface area contributed by atoms with E-state index in [1.54, 1.807) is 16.9 Å². The number of rotatable bonds is 1. The smallest absolute Gasteiger partial charge is 0.151 e. The Morgan fingerprint density at radius 2 is 2.62 bits per heavy atom. The summed E-state index contributed by atoms with van der Waals surface area (Å²) in [6.45, 7) is 0. The third kappa shape index (κ3) is 1.12. The Kier molecular flexibility index (Phi) is 1.73. The summed E-state index contributed by atoms with van der Waals surface area (Å²) in [7, 11) is 0. The van der Waals surface area contributed by atoms with Gasteiger partial charge in [0.15, 0.2) is 6.29 Å². The number of hydrogen-bond acceptors (Lipinski definition) is 2. The number of carbonyl (C=O) groups excluding carboxylic acids is 1. The van der Waals surface area contributed by atoms with E-state index in [0.717, 1.165) is 6.29 Å². The molecule has 0 amide bonds. The minimum Gasteiger partial charge on any atom is -0.298 e. The lowest BCUT2D eigenvalue weighted by Gasteiger charge is -1.88. The molecule has 2 heteroatoms. The van der Waals surface area contributed by atoms with Crippen LogP contribution in [0.25, 0.3) is 0 Å². The summed E-state index contributed by atoms with van der Waals surface area (Å²) in [5, 5.41) is 3.58. The van der Waals surface area contributed by atoms with Gasteiger partial charge < -0.3 is 0 Å². The first kappa shape index (κ1) is 5.42. The molecule has 0 saturated carbocycles. The van der Waals surface area contributed by atoms with Crippen LogP contribution in [-0.4, -0.2) is 6.29 Å². The largest absolute Gasteiger partial charge is 0.298 e. The molecule has 0 bridgehead atoms. The zero-order chi connectivity index (χ0) is 5.82. The predicted octanol–water partition coefficient (Wildman–Crippen LogP) is 1.48. The number of hydrogen-bond donors (Lipinski definition) is 0. The zero-order valence-corrected chi connectivity index (χ0v) is 4.94. The van der Waals surface area contributed by atoms with Gasteiger partial charge in [0.05, 0.1) is 0 Å². The summed E-state index contributed by atoms with van der Waals surface area (Å²) in [6, 6.07) is 0. The van der Waals surface area contributed by atoms with Crippen molar-refractivity contribution in [1.82, 2.24) is 0 Å². The van der Waals surface area contributed by atoms with Gasteiger partial charge in [-0.2, -0.15) is 0 Å². The summed E-state index contributed by atoms with van der Waals surface area (Å²) in [6.07, 6.45) is 2.47. The molecule has 0 spiro atoms. The van der Waals surface area contributed by atoms with Crippen molar-refractivity contribution in [2.75, 3.05) is 0 Å². The summed E-state index contributed by atoms with van der Waals surface area (Å²) in [5.41, 5.74) is 3.49. The summed E-state index contributed by atoms with van der Waals surface area (Å²) in [5.74, 6) is 0. The van der Waals surface area contributed by atoms with Gasteiger partial charge in [0.1, 0.15) is 0 Å². The van der Waals surface area contributed by atoms with E-state index in [4.69, 9.17) is 0 Å². The molecule has 0 aromatic heterocycles. The van der Waals surface area contributed by atoms with Gasteiger partial charge in [0, 0.05) is 11.0 Å². The van der Waals surface area contributed by atoms with Crippen LogP contribution in [0.2, 0.25) is 0 Å². The van der Waals surface area contributed by atoms with Gasteiger partial charge in [0.25, 0.3) is 0 Å². The standard InChI is InChI=1S/C6H4OS/c7-4-6-2-1-3-8-5-6/h2-5H. The minimum absolute atomic E-state index is 0.692. The maximum absolute atomic E-state index is 9.99. The molecule has 1 aliphatic rings. The van der Waals surface area contributed by atoms with E-state index < -0.39 is 0 Å². The number of aldehydes is 1. The summed E-state index contributed by atoms with van der Waals surface area (Å²) in [4.78, 5) is 9.99. The Morgan fingerprint density at radius 1 is 1.75 bits per heavy atom. The Bertz CT molecular complexity index is 185. The first-order chi connectivity index (χ1) is 3.93. The second-order valence-corrected chi connectivity index (χ2v) is 2.04. The van der Waals surface area contributed by atoms with Crippen LogP contribution in [0, 0.1) is 0 Å². The molecule has 0 N–H and O–H groups in total. The molecular formula is C6H4OS. The number of thioether (sulfide) groups is 1. The van der Waals surface area contributed by atoms with Gasteiger partial charge in [-0.25, -0.2) is 0 Å². The van der Waals surface area contributed by atoms with E-state index in [0.29, 0.717) is 5.57 Å². The Labute approximate surface area is 51.8 Å². The SMILES string of the molecule is O=CC1=CSC=C=C1. The fourth-order valence-corrected chi connectivity index (χ4v) is 0.873. The maximum atomic E-state index is 9.99. The molecule has 0 fully saturated rings. The first-order valence-corrected chi connectivity index (χ1v) is 3.09. The van der Waals surface area contributed by atoms with Gasteiger partial charge in [-0.3, -0.25) is 4.79 Å². The fraction of sp³-hybridized carbons (Fsp3) is 0. The number of carbonyl (C=O) groups is 1. The lowest BCUT2D eigenvalue weighted by Crippen LogP contribution is -1.76. The Hall–Kier alpha value is -0.720. The molecule has 1 heterocycles. The maximum Gasteiger partial charge on any atom is 0.151 e. The molecular weight excluding hydrogens is 120 g/mol. The molecule has 1 aliphatic heterocycles. The van der Waals surface area contributed by atoms with E-state index >= 15 is 0 Å². The van der Waals surface area contributed by atoms with Crippen LogP contribution in [0.5, 0.6) is 0 Å². The first-order valence-electron chi connectivity index (χ1n) is 2.15. The minimum atomic E-state index is 0.692. The Balaban J connectivity index is 2.82. The molecule has 0 unspecified atom stereocenters. The van der Waals surface area contributed by atoms with Crippen LogP contribution >= 0.6 is 11.8 Å². The average molecular weight is 124 g/mol. The van der Waals surface area contributed by atoms with Gasteiger partial charge in [0.2, 0.25) is 0 Å². The monoisotopic (exact) mass is 124 g/mol. The average Bonchev–Trinajstić information content (AvgIpc) is 1.90. The van der Waals surface area contributed by atoms with Crippen molar-refractivity contribution < 1.29 is 4.79 Å². The molecule has 0 radical (unpaired) electrons. The summed E-state index contributed by atoms with van der Waals surface area (Å²) >= 11 is 1.47. The summed E-state index contributed by atoms with van der Waals surface area (Å²) < 4.78 is 0. The van der Waals surface area contributed by atoms with Crippen molar-refractivity contribution in [3.05, 3.63) is 28.2 Å². The lowest BCUT2D eigenvalue weighted by atomic mass is 10.3. The normalized spacial score (nSPS) is 15.8. The van der Waals surface area contributed by atoms with E-state index in [2.05, 4.69) is 5.73 Å². The van der Waals surface area contributed by atoms with E-state index in [-0.39, 0.29) is 0 Å². The van der Waals surface area contributed by atoms with Crippen molar-refractivity contribution in [1.29, 1.82) is 0 Å². The van der Waals surface area contributed by atoms with Crippen molar-refractivity contribution in [2.24, 2.45) is 0 Å². The lowest BCUT2D eigenvalue weighted by molar-refractivity contribution is -0.104. The highest BCUT2D eigenvalue weighted by Gasteiger charge is 1.88. The van der Waals surface area contributed by atoms with E-state index in [1.807, 2.05) is 0 Å². The zero-order valence-electron chi connectivity index (χ0n) is 4.13. The molecule has 1 nitrogen and oxygen atoms in total. The molecule has 8 heavy (non-hydrogen) atoms. The molecule has 0 saturated heterocycles. The van der Waals surface area contributed by atoms with E-state index in [1.165, 1.54) is 11.8 Å². The van der Waals surface area contributed by atoms with Gasteiger partial charge >= 0.3 is 0 Å². The highest BCUT2D eigenvalue weighted by atomic mass is 32.2. The molecule has 0 atom stereocenters. The fourth-order valence-electron chi connectivity index (χ4n) is 0.378. The Morgan fingerprint density at radius 3 is 3.00 bits per heavy atom. The van der Waals surface area contributed by atoms with Crippen molar-refractivity contribution in [2.45, 2.75) is 0 Å². The molecule has 40 valence electrons. The van der Waals surface area contributed by atoms with Crippen molar-refractivity contribution in [3.8, 4) is 0 Å². The molecule has 0 aromatic rings. The van der Waals surface area contributed by atoms with Gasteiger partial charge in [-0.15, -0.1) is 5.73 Å². The molecule has 0 aromatic carbocycles. The van der Waals surface area contributed by atoms with Crippen LogP contribution in [0.3, 0.4) is 0 Å². The van der Waals surface area contributed by atoms with Gasteiger partial charge in [-0.1, -0.05) is 11.8 Å². The third-order valence-corrected chi connectivity index (χ3v) is 1.41. The second kappa shape index (κ2) is 2.55. The van der Waals surface area contributed by atoms with Crippen LogP contribution < -0.4 is 0 Å². The van der Waals surface area contributed by atoms with Crippen LogP contribution in [0.4, 0.5) is 0 Å². The highest BCUT2D eigenvalue weighted by Crippen LogP contribution is 2.11. The van der Waals surface area contributed by atoms with Crippen molar-refractivity contribution in [3.63, 3.8) is 0 Å². The van der Waals surface area contributed by atoms with Gasteiger partial charge in [-0.05, 0) is 11.5 Å². The van der Waals surface area contributed by atoms with Crippen molar-refractivity contribution >= 4 is 18.0 Å². The third-order valence-electron chi connectivity index (χ3n) is 0.726. The molecule has 1 rings (SSSR count). The van der Waals surface area contributed by atoms with E-state index in [9.17, 15) is 4.79 Å². The van der Waals surface area contributed by atoms with Crippen LogP contribution in [0.1, 0.15) is 0 Å².